The van der Waals surface area contributed by atoms with E-state index in [-0.39, 0.29) is 18.4 Å². The molecule has 1 heterocycles. The first-order valence-corrected chi connectivity index (χ1v) is 5.91. The Bertz CT molecular complexity index is 454. The molecule has 0 atom stereocenters. The third-order valence-electron chi connectivity index (χ3n) is 2.91. The van der Waals surface area contributed by atoms with Crippen molar-refractivity contribution in [2.45, 2.75) is 25.6 Å². The summed E-state index contributed by atoms with van der Waals surface area (Å²) in [5, 5.41) is 1.37. The van der Waals surface area contributed by atoms with E-state index in [9.17, 15) is 18.0 Å². The van der Waals surface area contributed by atoms with Crippen molar-refractivity contribution < 1.29 is 18.0 Å². The van der Waals surface area contributed by atoms with Gasteiger partial charge in [-0.3, -0.25) is 14.8 Å². The van der Waals surface area contributed by atoms with Crippen molar-refractivity contribution in [2.75, 3.05) is 7.05 Å². The Labute approximate surface area is 108 Å². The number of hydrogen-bond acceptors (Lipinski definition) is 3. The molecule has 1 saturated carbocycles. The Morgan fingerprint density at radius 3 is 2.63 bits per heavy atom. The van der Waals surface area contributed by atoms with Crippen LogP contribution in [-0.4, -0.2) is 22.9 Å². The Balaban J connectivity index is 1.87. The summed E-state index contributed by atoms with van der Waals surface area (Å²) < 4.78 is 37.0. The molecule has 4 nitrogen and oxygen atoms in total. The van der Waals surface area contributed by atoms with E-state index in [4.69, 9.17) is 0 Å². The molecule has 1 aromatic rings. The van der Waals surface area contributed by atoms with Gasteiger partial charge in [-0.1, -0.05) is 0 Å². The monoisotopic (exact) mass is 273 g/mol. The molecular weight excluding hydrogens is 259 g/mol. The maximum Gasteiger partial charge on any atom is 0.417 e. The second kappa shape index (κ2) is 5.16. The summed E-state index contributed by atoms with van der Waals surface area (Å²) in [6.07, 6.45) is -1.77. The maximum atomic E-state index is 12.3. The van der Waals surface area contributed by atoms with Crippen LogP contribution < -0.4 is 5.43 Å². The summed E-state index contributed by atoms with van der Waals surface area (Å²) in [5.74, 6) is 0.102. The van der Waals surface area contributed by atoms with Gasteiger partial charge in [0.2, 0.25) is 5.91 Å². The van der Waals surface area contributed by atoms with Gasteiger partial charge in [-0.15, -0.1) is 0 Å². The van der Waals surface area contributed by atoms with Crippen molar-refractivity contribution in [2.24, 2.45) is 5.92 Å². The molecule has 1 fully saturated rings. The highest BCUT2D eigenvalue weighted by Gasteiger charge is 2.32. The quantitative estimate of drug-likeness (QED) is 0.853. The lowest BCUT2D eigenvalue weighted by Crippen LogP contribution is -2.40. The average molecular weight is 273 g/mol. The zero-order chi connectivity index (χ0) is 14.0. The number of hydrazine groups is 1. The van der Waals surface area contributed by atoms with Gasteiger partial charge in [0.15, 0.2) is 0 Å². The molecule has 1 aliphatic rings. The highest BCUT2D eigenvalue weighted by molar-refractivity contribution is 5.80. The van der Waals surface area contributed by atoms with Gasteiger partial charge in [-0.2, -0.15) is 13.2 Å². The molecule has 19 heavy (non-hydrogen) atoms. The molecule has 1 aromatic heterocycles. The predicted octanol–water partition coefficient (Wildman–Crippen LogP) is 1.97. The van der Waals surface area contributed by atoms with Crippen molar-refractivity contribution in [3.8, 4) is 0 Å². The van der Waals surface area contributed by atoms with Gasteiger partial charge in [0.1, 0.15) is 0 Å². The fourth-order valence-corrected chi connectivity index (χ4v) is 1.58. The first-order chi connectivity index (χ1) is 8.88. The zero-order valence-corrected chi connectivity index (χ0v) is 10.4. The molecule has 0 aliphatic heterocycles. The number of nitrogens with zero attached hydrogens (tertiary/aromatic N) is 2. The van der Waals surface area contributed by atoms with Crippen molar-refractivity contribution in [3.05, 3.63) is 29.6 Å². The van der Waals surface area contributed by atoms with Gasteiger partial charge in [0.05, 0.1) is 17.8 Å². The molecular formula is C12H14F3N3O. The molecule has 0 bridgehead atoms. The van der Waals surface area contributed by atoms with Crippen LogP contribution in [0.1, 0.15) is 24.1 Å². The second-order valence-corrected chi connectivity index (χ2v) is 4.54. The summed E-state index contributed by atoms with van der Waals surface area (Å²) in [7, 11) is 1.60. The van der Waals surface area contributed by atoms with Gasteiger partial charge >= 0.3 is 6.18 Å². The fourth-order valence-electron chi connectivity index (χ4n) is 1.58. The molecule has 0 unspecified atom stereocenters. The minimum Gasteiger partial charge on any atom is -0.281 e. The molecule has 1 amide bonds. The number of carbonyl (C=O) groups is 1. The van der Waals surface area contributed by atoms with Crippen molar-refractivity contribution in [1.29, 1.82) is 0 Å². The van der Waals surface area contributed by atoms with Gasteiger partial charge in [-0.25, -0.2) is 5.43 Å². The third kappa shape index (κ3) is 3.66. The van der Waals surface area contributed by atoms with Crippen LogP contribution in [0.2, 0.25) is 0 Å². The van der Waals surface area contributed by atoms with E-state index in [1.807, 2.05) is 0 Å². The largest absolute Gasteiger partial charge is 0.417 e. The summed E-state index contributed by atoms with van der Waals surface area (Å²) >= 11 is 0. The first kappa shape index (κ1) is 13.8. The van der Waals surface area contributed by atoms with Crippen LogP contribution in [0.5, 0.6) is 0 Å². The Kier molecular flexibility index (Phi) is 3.75. The minimum absolute atomic E-state index is 0.00640. The lowest BCUT2D eigenvalue weighted by atomic mass is 10.2. The smallest absolute Gasteiger partial charge is 0.281 e. The van der Waals surface area contributed by atoms with E-state index < -0.39 is 11.7 Å². The second-order valence-electron chi connectivity index (χ2n) is 4.54. The molecule has 1 N–H and O–H groups in total. The number of amides is 1. The van der Waals surface area contributed by atoms with E-state index in [1.165, 1.54) is 11.1 Å². The normalized spacial score (nSPS) is 15.4. The van der Waals surface area contributed by atoms with E-state index in [1.54, 1.807) is 7.05 Å². The summed E-state index contributed by atoms with van der Waals surface area (Å²) in [4.78, 5) is 15.3. The van der Waals surface area contributed by atoms with Crippen LogP contribution in [0.3, 0.4) is 0 Å². The molecule has 0 radical (unpaired) electrons. The Hall–Kier alpha value is -1.63. The summed E-state index contributed by atoms with van der Waals surface area (Å²) in [5.41, 5.74) is 2.49. The van der Waals surface area contributed by atoms with E-state index in [0.29, 0.717) is 5.69 Å². The molecule has 0 spiro atoms. The average Bonchev–Trinajstić information content (AvgIpc) is 3.18. The summed E-state index contributed by atoms with van der Waals surface area (Å²) in [6.45, 7) is 0.215. The zero-order valence-electron chi connectivity index (χ0n) is 10.4. The third-order valence-corrected chi connectivity index (χ3v) is 2.91. The molecule has 1 aliphatic carbocycles. The number of aromatic nitrogens is 1. The van der Waals surface area contributed by atoms with Crippen LogP contribution >= 0.6 is 0 Å². The molecule has 7 heteroatoms. The number of carbonyl (C=O) groups excluding carboxylic acids is 1. The van der Waals surface area contributed by atoms with Crippen LogP contribution in [-0.2, 0) is 17.5 Å². The minimum atomic E-state index is -4.38. The molecule has 0 saturated heterocycles. The topological polar surface area (TPSA) is 45.2 Å². The van der Waals surface area contributed by atoms with Crippen molar-refractivity contribution in [3.63, 3.8) is 0 Å². The van der Waals surface area contributed by atoms with Gasteiger partial charge in [0.25, 0.3) is 0 Å². The summed E-state index contributed by atoms with van der Waals surface area (Å²) in [6, 6.07) is 2.28. The fraction of sp³-hybridized carbons (Fsp3) is 0.500. The predicted molar refractivity (Wildman–Crippen MR) is 61.6 cm³/mol. The van der Waals surface area contributed by atoms with Crippen LogP contribution in [0.25, 0.3) is 0 Å². The van der Waals surface area contributed by atoms with Crippen LogP contribution in [0.15, 0.2) is 18.3 Å². The molecule has 0 aromatic carbocycles. The number of halogens is 3. The van der Waals surface area contributed by atoms with E-state index in [2.05, 4.69) is 10.4 Å². The van der Waals surface area contributed by atoms with E-state index in [0.717, 1.165) is 25.1 Å². The van der Waals surface area contributed by atoms with Crippen LogP contribution in [0.4, 0.5) is 13.2 Å². The number of nitrogens with one attached hydrogen (secondary N) is 1. The molecule has 2 rings (SSSR count). The van der Waals surface area contributed by atoms with Crippen molar-refractivity contribution in [1.82, 2.24) is 15.4 Å². The van der Waals surface area contributed by atoms with Gasteiger partial charge in [-0.05, 0) is 25.0 Å². The molecule has 104 valence electrons. The highest BCUT2D eigenvalue weighted by atomic mass is 19.4. The SMILES string of the molecule is CN(NCc1ccc(C(F)(F)F)cn1)C(=O)C1CC1. The number of alkyl halides is 3. The Morgan fingerprint density at radius 2 is 2.16 bits per heavy atom. The van der Waals surface area contributed by atoms with Crippen LogP contribution in [0, 0.1) is 5.92 Å². The lowest BCUT2D eigenvalue weighted by molar-refractivity contribution is -0.137. The van der Waals surface area contributed by atoms with Crippen molar-refractivity contribution >= 4 is 5.91 Å². The highest BCUT2D eigenvalue weighted by Crippen LogP contribution is 2.30. The number of hydrogen-bond donors (Lipinski definition) is 1. The maximum absolute atomic E-state index is 12.3. The van der Waals surface area contributed by atoms with Gasteiger partial charge < -0.3 is 0 Å². The van der Waals surface area contributed by atoms with Gasteiger partial charge in [0, 0.05) is 19.2 Å². The first-order valence-electron chi connectivity index (χ1n) is 5.91. The Morgan fingerprint density at radius 1 is 1.47 bits per heavy atom. The van der Waals surface area contributed by atoms with E-state index >= 15 is 0 Å². The lowest BCUT2D eigenvalue weighted by Gasteiger charge is -2.18. The number of pyridine rings is 1. The standard InChI is InChI=1S/C12H14F3N3O/c1-18(11(19)8-2-3-8)17-7-10-5-4-9(6-16-10)12(13,14)15/h4-6,8,17H,2-3,7H2,1H3. The number of rotatable bonds is 4.